The lowest BCUT2D eigenvalue weighted by atomic mass is 10.1. The molecule has 0 saturated carbocycles. The molecule has 1 aliphatic rings. The van der Waals surface area contributed by atoms with Crippen LogP contribution in [0.1, 0.15) is 36.0 Å². The Kier molecular flexibility index (Phi) is 3.89. The lowest BCUT2D eigenvalue weighted by Gasteiger charge is -2.06. The van der Waals surface area contributed by atoms with E-state index in [0.717, 1.165) is 35.6 Å². The molecule has 1 atom stereocenters. The molecule has 1 saturated heterocycles. The van der Waals surface area contributed by atoms with Crippen LogP contribution in [0.4, 0.5) is 6.01 Å². The number of ether oxygens (including phenoxy) is 1. The van der Waals surface area contributed by atoms with Crippen LogP contribution in [-0.4, -0.2) is 16.8 Å². The third kappa shape index (κ3) is 2.94. The molecule has 2 aromatic rings. The van der Waals surface area contributed by atoms with Crippen LogP contribution in [0.15, 0.2) is 22.6 Å². The Morgan fingerprint density at radius 3 is 3.05 bits per heavy atom. The first-order valence-corrected chi connectivity index (χ1v) is 7.04. The van der Waals surface area contributed by atoms with Gasteiger partial charge in [0.2, 0.25) is 5.89 Å². The van der Waals surface area contributed by atoms with E-state index in [9.17, 15) is 0 Å². The average Bonchev–Trinajstić information content (AvgIpc) is 3.08. The Bertz CT molecular complexity index is 594. The third-order valence-electron chi connectivity index (χ3n) is 3.38. The van der Waals surface area contributed by atoms with Gasteiger partial charge in [-0.1, -0.05) is 22.8 Å². The van der Waals surface area contributed by atoms with E-state index in [1.165, 1.54) is 0 Å². The lowest BCUT2D eigenvalue weighted by Crippen LogP contribution is -2.01. The second-order valence-corrected chi connectivity index (χ2v) is 5.31. The number of hydrogen-bond acceptors (Lipinski definition) is 5. The van der Waals surface area contributed by atoms with Crippen molar-refractivity contribution in [2.24, 2.45) is 0 Å². The van der Waals surface area contributed by atoms with Crippen molar-refractivity contribution in [2.75, 3.05) is 11.9 Å². The van der Waals surface area contributed by atoms with E-state index in [4.69, 9.17) is 20.8 Å². The molecule has 1 fully saturated rings. The van der Waals surface area contributed by atoms with Crippen LogP contribution >= 0.6 is 11.6 Å². The van der Waals surface area contributed by atoms with Crippen LogP contribution in [0, 0.1) is 6.92 Å². The van der Waals surface area contributed by atoms with E-state index in [-0.39, 0.29) is 6.10 Å². The Morgan fingerprint density at radius 2 is 2.30 bits per heavy atom. The fourth-order valence-corrected chi connectivity index (χ4v) is 2.46. The van der Waals surface area contributed by atoms with E-state index < -0.39 is 0 Å². The molecule has 1 unspecified atom stereocenters. The van der Waals surface area contributed by atoms with Crippen molar-refractivity contribution in [2.45, 2.75) is 32.4 Å². The smallest absolute Gasteiger partial charge is 0.315 e. The molecule has 2 heterocycles. The van der Waals surface area contributed by atoms with Gasteiger partial charge in [-0.3, -0.25) is 0 Å². The van der Waals surface area contributed by atoms with Gasteiger partial charge in [0.25, 0.3) is 0 Å². The van der Waals surface area contributed by atoms with Gasteiger partial charge >= 0.3 is 6.01 Å². The molecule has 1 N–H and O–H groups in total. The number of anilines is 1. The Labute approximate surface area is 122 Å². The second kappa shape index (κ2) is 5.81. The topological polar surface area (TPSA) is 60.2 Å². The Hall–Kier alpha value is -1.59. The number of nitrogens with zero attached hydrogens (tertiary/aromatic N) is 2. The van der Waals surface area contributed by atoms with E-state index in [1.54, 1.807) is 0 Å². The molecule has 1 aromatic carbocycles. The van der Waals surface area contributed by atoms with Crippen LogP contribution in [0.5, 0.6) is 0 Å². The highest BCUT2D eigenvalue weighted by molar-refractivity contribution is 6.30. The zero-order chi connectivity index (χ0) is 13.9. The number of aromatic nitrogens is 2. The summed E-state index contributed by atoms with van der Waals surface area (Å²) in [6.07, 6.45) is 1.94. The first-order chi connectivity index (χ1) is 9.72. The highest BCUT2D eigenvalue weighted by Crippen LogP contribution is 2.28. The van der Waals surface area contributed by atoms with Crippen LogP contribution in [0.2, 0.25) is 5.02 Å². The predicted octanol–water partition coefficient (Wildman–Crippen LogP) is 3.50. The largest absolute Gasteiger partial charge is 0.405 e. The van der Waals surface area contributed by atoms with Gasteiger partial charge in [0.1, 0.15) is 6.10 Å². The van der Waals surface area contributed by atoms with Gasteiger partial charge < -0.3 is 14.5 Å². The first kappa shape index (κ1) is 13.4. The normalized spacial score (nSPS) is 18.4. The van der Waals surface area contributed by atoms with Crippen molar-refractivity contribution in [3.63, 3.8) is 0 Å². The zero-order valence-corrected chi connectivity index (χ0v) is 12.0. The van der Waals surface area contributed by atoms with Crippen molar-refractivity contribution in [3.8, 4) is 0 Å². The lowest BCUT2D eigenvalue weighted by molar-refractivity contribution is 0.0897. The minimum absolute atomic E-state index is 0.0460. The van der Waals surface area contributed by atoms with E-state index in [2.05, 4.69) is 15.5 Å². The van der Waals surface area contributed by atoms with E-state index in [0.29, 0.717) is 18.5 Å². The minimum Gasteiger partial charge on any atom is -0.405 e. The van der Waals surface area contributed by atoms with Crippen LogP contribution < -0.4 is 5.32 Å². The molecule has 20 heavy (non-hydrogen) atoms. The summed E-state index contributed by atoms with van der Waals surface area (Å²) in [5.41, 5.74) is 2.27. The van der Waals surface area contributed by atoms with Gasteiger partial charge in [0.15, 0.2) is 0 Å². The van der Waals surface area contributed by atoms with E-state index in [1.807, 2.05) is 25.1 Å². The molecule has 0 spiro atoms. The predicted molar refractivity (Wildman–Crippen MR) is 75.7 cm³/mol. The van der Waals surface area contributed by atoms with Gasteiger partial charge in [-0.15, -0.1) is 5.10 Å². The number of nitrogens with one attached hydrogen (secondary N) is 1. The van der Waals surface area contributed by atoms with Gasteiger partial charge in [-0.2, -0.15) is 0 Å². The van der Waals surface area contributed by atoms with Gasteiger partial charge in [-0.05, 0) is 43.0 Å². The molecule has 1 aromatic heterocycles. The number of halogens is 1. The molecule has 0 aliphatic carbocycles. The molecule has 3 rings (SSSR count). The quantitative estimate of drug-likeness (QED) is 0.935. The summed E-state index contributed by atoms with van der Waals surface area (Å²) in [4.78, 5) is 0. The van der Waals surface area contributed by atoms with Gasteiger partial charge in [0.05, 0.1) is 0 Å². The molecular weight excluding hydrogens is 278 g/mol. The fourth-order valence-electron chi connectivity index (χ4n) is 2.24. The Balaban J connectivity index is 1.63. The van der Waals surface area contributed by atoms with E-state index >= 15 is 0 Å². The number of aryl methyl sites for hydroxylation is 1. The van der Waals surface area contributed by atoms with Crippen LogP contribution in [-0.2, 0) is 11.3 Å². The van der Waals surface area contributed by atoms with Crippen LogP contribution in [0.3, 0.4) is 0 Å². The molecule has 0 bridgehead atoms. The average molecular weight is 294 g/mol. The maximum atomic E-state index is 5.93. The second-order valence-electron chi connectivity index (χ2n) is 4.87. The van der Waals surface area contributed by atoms with Crippen molar-refractivity contribution in [1.82, 2.24) is 10.2 Å². The minimum atomic E-state index is -0.0460. The third-order valence-corrected chi connectivity index (χ3v) is 3.62. The number of hydrogen-bond donors (Lipinski definition) is 1. The molecule has 6 heteroatoms. The Morgan fingerprint density at radius 1 is 1.40 bits per heavy atom. The SMILES string of the molecule is Cc1cc(Cl)ccc1CNc1nnc(C2CCCO2)o1. The highest BCUT2D eigenvalue weighted by Gasteiger charge is 2.23. The summed E-state index contributed by atoms with van der Waals surface area (Å²) >= 11 is 5.93. The maximum absolute atomic E-state index is 5.93. The van der Waals surface area contributed by atoms with Crippen molar-refractivity contribution in [1.29, 1.82) is 0 Å². The number of rotatable bonds is 4. The monoisotopic (exact) mass is 293 g/mol. The molecule has 0 radical (unpaired) electrons. The summed E-state index contributed by atoms with van der Waals surface area (Å²) in [6, 6.07) is 6.22. The fraction of sp³-hybridized carbons (Fsp3) is 0.429. The molecule has 106 valence electrons. The van der Waals surface area contributed by atoms with Crippen molar-refractivity contribution in [3.05, 3.63) is 40.2 Å². The summed E-state index contributed by atoms with van der Waals surface area (Å²) in [5.74, 6) is 0.554. The number of benzene rings is 1. The van der Waals surface area contributed by atoms with Crippen molar-refractivity contribution >= 4 is 17.6 Å². The van der Waals surface area contributed by atoms with Gasteiger partial charge in [-0.25, -0.2) is 0 Å². The molecular formula is C14H16ClN3O2. The van der Waals surface area contributed by atoms with Crippen molar-refractivity contribution < 1.29 is 9.15 Å². The van der Waals surface area contributed by atoms with Gasteiger partial charge in [0, 0.05) is 18.2 Å². The standard InChI is InChI=1S/C14H16ClN3O2/c1-9-7-11(15)5-4-10(9)8-16-14-18-17-13(20-14)12-3-2-6-19-12/h4-5,7,12H,2-3,6,8H2,1H3,(H,16,18). The molecule has 0 amide bonds. The molecule has 5 nitrogen and oxygen atoms in total. The zero-order valence-electron chi connectivity index (χ0n) is 11.2. The summed E-state index contributed by atoms with van der Waals surface area (Å²) in [7, 11) is 0. The maximum Gasteiger partial charge on any atom is 0.315 e. The summed E-state index contributed by atoms with van der Waals surface area (Å²) < 4.78 is 11.1. The summed E-state index contributed by atoms with van der Waals surface area (Å²) in [6.45, 7) is 3.41. The molecule has 1 aliphatic heterocycles. The highest BCUT2D eigenvalue weighted by atomic mass is 35.5. The first-order valence-electron chi connectivity index (χ1n) is 6.66. The van der Waals surface area contributed by atoms with Crippen LogP contribution in [0.25, 0.3) is 0 Å². The summed E-state index contributed by atoms with van der Waals surface area (Å²) in [5, 5.41) is 11.9.